The van der Waals surface area contributed by atoms with Crippen molar-refractivity contribution in [1.29, 1.82) is 5.26 Å². The highest BCUT2D eigenvalue weighted by atomic mass is 35.5. The van der Waals surface area contributed by atoms with Crippen LogP contribution >= 0.6 is 11.6 Å². The third-order valence-electron chi connectivity index (χ3n) is 1.91. The van der Waals surface area contributed by atoms with Crippen molar-refractivity contribution < 1.29 is 0 Å². The first kappa shape index (κ1) is 8.09. The van der Waals surface area contributed by atoms with Crippen LogP contribution in [0, 0.1) is 18.3 Å². The minimum Gasteiger partial charge on any atom is -0.290 e. The van der Waals surface area contributed by atoms with E-state index in [1.165, 1.54) is 0 Å². The lowest BCUT2D eigenvalue weighted by Crippen LogP contribution is -1.88. The van der Waals surface area contributed by atoms with Crippen molar-refractivity contribution >= 4 is 17.2 Å². The van der Waals surface area contributed by atoms with Crippen molar-refractivity contribution in [2.24, 2.45) is 0 Å². The van der Waals surface area contributed by atoms with E-state index in [-0.39, 0.29) is 5.15 Å². The second-order valence-corrected chi connectivity index (χ2v) is 3.11. The fourth-order valence-electron chi connectivity index (χ4n) is 1.28. The lowest BCUT2D eigenvalue weighted by molar-refractivity contribution is 1.14. The van der Waals surface area contributed by atoms with Gasteiger partial charge in [0.05, 0.1) is 0 Å². The van der Waals surface area contributed by atoms with Crippen LogP contribution in [0.5, 0.6) is 0 Å². The molecule has 4 heteroatoms. The van der Waals surface area contributed by atoms with Crippen molar-refractivity contribution in [3.8, 4) is 6.07 Å². The molecule has 2 rings (SSSR count). The van der Waals surface area contributed by atoms with Gasteiger partial charge >= 0.3 is 0 Å². The predicted molar refractivity (Wildman–Crippen MR) is 49.7 cm³/mol. The van der Waals surface area contributed by atoms with Crippen molar-refractivity contribution in [3.05, 3.63) is 34.7 Å². The fourth-order valence-corrected chi connectivity index (χ4v) is 1.49. The molecule has 0 atom stereocenters. The van der Waals surface area contributed by atoms with Crippen LogP contribution in [0.2, 0.25) is 5.15 Å². The molecule has 0 aliphatic heterocycles. The molecule has 0 saturated carbocycles. The maximum atomic E-state index is 8.80. The summed E-state index contributed by atoms with van der Waals surface area (Å²) in [6.07, 6.45) is 1.78. The molecule has 0 aromatic carbocycles. The summed E-state index contributed by atoms with van der Waals surface area (Å²) in [5.74, 6) is 0. The summed E-state index contributed by atoms with van der Waals surface area (Å²) < 4.78 is 1.69. The van der Waals surface area contributed by atoms with Gasteiger partial charge in [-0.1, -0.05) is 17.7 Å². The smallest absolute Gasteiger partial charge is 0.166 e. The highest BCUT2D eigenvalue weighted by Gasteiger charge is 2.09. The number of hydrogen-bond donors (Lipinski definition) is 0. The molecule has 0 radical (unpaired) electrons. The molecule has 0 bridgehead atoms. The minimum atomic E-state index is 0.261. The molecule has 3 nitrogen and oxygen atoms in total. The van der Waals surface area contributed by atoms with E-state index in [0.29, 0.717) is 5.69 Å². The molecule has 0 N–H and O–H groups in total. The van der Waals surface area contributed by atoms with Gasteiger partial charge in [-0.2, -0.15) is 5.26 Å². The maximum absolute atomic E-state index is 8.80. The maximum Gasteiger partial charge on any atom is 0.166 e. The largest absolute Gasteiger partial charge is 0.290 e. The number of imidazole rings is 1. The molecule has 0 fully saturated rings. The summed E-state index contributed by atoms with van der Waals surface area (Å²) in [4.78, 5) is 4.09. The lowest BCUT2D eigenvalue weighted by Gasteiger charge is -1.95. The van der Waals surface area contributed by atoms with Gasteiger partial charge in [0, 0.05) is 6.20 Å². The van der Waals surface area contributed by atoms with E-state index in [9.17, 15) is 0 Å². The summed E-state index contributed by atoms with van der Waals surface area (Å²) in [6.45, 7) is 1.93. The first-order valence-electron chi connectivity index (χ1n) is 3.77. The second kappa shape index (κ2) is 2.75. The minimum absolute atomic E-state index is 0.261. The summed E-state index contributed by atoms with van der Waals surface area (Å²) in [5.41, 5.74) is 2.13. The van der Waals surface area contributed by atoms with E-state index in [1.54, 1.807) is 10.6 Å². The molecule has 64 valence electrons. The first-order chi connectivity index (χ1) is 6.24. The summed E-state index contributed by atoms with van der Waals surface area (Å²) >= 11 is 5.79. The van der Waals surface area contributed by atoms with E-state index in [1.807, 2.05) is 25.1 Å². The van der Waals surface area contributed by atoms with Gasteiger partial charge in [-0.25, -0.2) is 4.98 Å². The number of halogens is 1. The van der Waals surface area contributed by atoms with Crippen LogP contribution in [0.1, 0.15) is 11.3 Å². The molecular formula is C9H6ClN3. The van der Waals surface area contributed by atoms with E-state index in [0.717, 1.165) is 11.2 Å². The monoisotopic (exact) mass is 191 g/mol. The Morgan fingerprint density at radius 1 is 1.62 bits per heavy atom. The number of aryl methyl sites for hydroxylation is 1. The highest BCUT2D eigenvalue weighted by molar-refractivity contribution is 6.30. The van der Waals surface area contributed by atoms with Crippen molar-refractivity contribution in [1.82, 2.24) is 9.38 Å². The summed E-state index contributed by atoms with van der Waals surface area (Å²) in [6, 6.07) is 5.81. The Hall–Kier alpha value is -1.53. The van der Waals surface area contributed by atoms with Gasteiger partial charge in [0.2, 0.25) is 0 Å². The normalized spacial score (nSPS) is 10.2. The molecule has 0 aliphatic carbocycles. The van der Waals surface area contributed by atoms with Gasteiger partial charge in [-0.05, 0) is 18.6 Å². The Morgan fingerprint density at radius 2 is 2.38 bits per heavy atom. The standard InChI is InChI=1S/C9H6ClN3/c1-6-3-2-4-13-7(5-11)8(10)12-9(6)13/h2-4H,1H3. The molecule has 2 aromatic rings. The number of hydrogen-bond acceptors (Lipinski definition) is 2. The molecule has 0 amide bonds. The van der Waals surface area contributed by atoms with Gasteiger partial charge in [0.15, 0.2) is 10.8 Å². The number of pyridine rings is 1. The van der Waals surface area contributed by atoms with Crippen LogP contribution in [0.4, 0.5) is 0 Å². The number of rotatable bonds is 0. The van der Waals surface area contributed by atoms with Gasteiger partial charge in [-0.15, -0.1) is 0 Å². The number of aromatic nitrogens is 2. The summed E-state index contributed by atoms with van der Waals surface area (Å²) in [5, 5.41) is 9.06. The highest BCUT2D eigenvalue weighted by Crippen LogP contribution is 2.18. The Kier molecular flexibility index (Phi) is 1.71. The molecule has 13 heavy (non-hydrogen) atoms. The van der Waals surface area contributed by atoms with Crippen LogP contribution in [-0.4, -0.2) is 9.38 Å². The Morgan fingerprint density at radius 3 is 3.08 bits per heavy atom. The molecule has 2 heterocycles. The average Bonchev–Trinajstić information content (AvgIpc) is 2.43. The average molecular weight is 192 g/mol. The van der Waals surface area contributed by atoms with Crippen LogP contribution in [-0.2, 0) is 0 Å². The van der Waals surface area contributed by atoms with Crippen LogP contribution in [0.15, 0.2) is 18.3 Å². The van der Waals surface area contributed by atoms with Gasteiger partial charge in [0.25, 0.3) is 0 Å². The molecule has 0 aliphatic rings. The zero-order chi connectivity index (χ0) is 9.42. The molecule has 2 aromatic heterocycles. The Labute approximate surface area is 80.2 Å². The van der Waals surface area contributed by atoms with Crippen molar-refractivity contribution in [2.45, 2.75) is 6.92 Å². The van der Waals surface area contributed by atoms with Crippen molar-refractivity contribution in [3.63, 3.8) is 0 Å². The third-order valence-corrected chi connectivity index (χ3v) is 2.17. The number of fused-ring (bicyclic) bond motifs is 1. The topological polar surface area (TPSA) is 41.1 Å². The third kappa shape index (κ3) is 1.07. The zero-order valence-electron chi connectivity index (χ0n) is 6.95. The molecule has 0 spiro atoms. The number of nitrogens with zero attached hydrogens (tertiary/aromatic N) is 3. The van der Waals surface area contributed by atoms with Gasteiger partial charge < -0.3 is 0 Å². The molecule has 0 saturated heterocycles. The molecule has 0 unspecified atom stereocenters. The predicted octanol–water partition coefficient (Wildman–Crippen LogP) is 2.17. The van der Waals surface area contributed by atoms with E-state index < -0.39 is 0 Å². The SMILES string of the molecule is Cc1cccn2c(C#N)c(Cl)nc12. The van der Waals surface area contributed by atoms with E-state index in [4.69, 9.17) is 16.9 Å². The zero-order valence-corrected chi connectivity index (χ0v) is 7.71. The van der Waals surface area contributed by atoms with E-state index >= 15 is 0 Å². The quantitative estimate of drug-likeness (QED) is 0.641. The first-order valence-corrected chi connectivity index (χ1v) is 4.15. The summed E-state index contributed by atoms with van der Waals surface area (Å²) in [7, 11) is 0. The Bertz CT molecular complexity index is 507. The fraction of sp³-hybridized carbons (Fsp3) is 0.111. The van der Waals surface area contributed by atoms with Gasteiger partial charge in [-0.3, -0.25) is 4.40 Å². The van der Waals surface area contributed by atoms with Crippen LogP contribution < -0.4 is 0 Å². The van der Waals surface area contributed by atoms with Gasteiger partial charge in [0.1, 0.15) is 11.7 Å². The van der Waals surface area contributed by atoms with Crippen LogP contribution in [0.3, 0.4) is 0 Å². The van der Waals surface area contributed by atoms with Crippen molar-refractivity contribution in [2.75, 3.05) is 0 Å². The Balaban J connectivity index is 2.96. The molecular weight excluding hydrogens is 186 g/mol. The van der Waals surface area contributed by atoms with Crippen LogP contribution in [0.25, 0.3) is 5.65 Å². The van der Waals surface area contributed by atoms with E-state index in [2.05, 4.69) is 4.98 Å². The number of nitriles is 1. The lowest BCUT2D eigenvalue weighted by atomic mass is 10.3. The second-order valence-electron chi connectivity index (χ2n) is 2.75.